The molecule has 152 valence electrons. The van der Waals surface area contributed by atoms with Gasteiger partial charge in [-0.2, -0.15) is 0 Å². The summed E-state index contributed by atoms with van der Waals surface area (Å²) < 4.78 is 11.2. The molecule has 1 saturated heterocycles. The van der Waals surface area contributed by atoms with Crippen LogP contribution in [0.3, 0.4) is 0 Å². The summed E-state index contributed by atoms with van der Waals surface area (Å²) in [6, 6.07) is 0. The fraction of sp³-hybridized carbons (Fsp3) is 0.950. The van der Waals surface area contributed by atoms with Crippen LogP contribution in [-0.4, -0.2) is 76.1 Å². The molecule has 2 fully saturated rings. The van der Waals surface area contributed by atoms with Crippen molar-refractivity contribution in [2.75, 3.05) is 59.7 Å². The van der Waals surface area contributed by atoms with Gasteiger partial charge in [0.2, 0.25) is 0 Å². The summed E-state index contributed by atoms with van der Waals surface area (Å²) in [7, 11) is 1.85. The molecule has 26 heavy (non-hydrogen) atoms. The van der Waals surface area contributed by atoms with Crippen LogP contribution in [-0.2, 0) is 9.47 Å². The van der Waals surface area contributed by atoms with Gasteiger partial charge in [0, 0.05) is 52.0 Å². The van der Waals surface area contributed by atoms with Crippen LogP contribution < -0.4 is 10.6 Å². The second kappa shape index (κ2) is 11.8. The molecule has 1 saturated carbocycles. The van der Waals surface area contributed by atoms with Crippen molar-refractivity contribution >= 4 is 5.96 Å². The zero-order chi connectivity index (χ0) is 18.7. The largest absolute Gasteiger partial charge is 0.381 e. The van der Waals surface area contributed by atoms with Crippen molar-refractivity contribution in [2.45, 2.75) is 57.9 Å². The fourth-order valence-electron chi connectivity index (χ4n) is 4.02. The minimum absolute atomic E-state index is 0.264. The number of hydrogen-bond acceptors (Lipinski definition) is 4. The Labute approximate surface area is 160 Å². The van der Waals surface area contributed by atoms with Crippen molar-refractivity contribution in [1.29, 1.82) is 0 Å². The van der Waals surface area contributed by atoms with Gasteiger partial charge in [0.1, 0.15) is 0 Å². The first-order chi connectivity index (χ1) is 12.7. The third-order valence-electron chi connectivity index (χ3n) is 5.48. The van der Waals surface area contributed by atoms with Crippen molar-refractivity contribution < 1.29 is 9.47 Å². The Bertz CT molecular complexity index is 403. The van der Waals surface area contributed by atoms with E-state index in [0.717, 1.165) is 65.0 Å². The van der Waals surface area contributed by atoms with E-state index in [-0.39, 0.29) is 5.54 Å². The molecule has 0 aromatic rings. The summed E-state index contributed by atoms with van der Waals surface area (Å²) in [5.74, 6) is 1.51. The molecule has 0 bridgehead atoms. The monoisotopic (exact) mass is 368 g/mol. The highest BCUT2D eigenvalue weighted by Crippen LogP contribution is 2.33. The average Bonchev–Trinajstić information content (AvgIpc) is 2.68. The first kappa shape index (κ1) is 21.5. The van der Waals surface area contributed by atoms with Crippen LogP contribution in [0.5, 0.6) is 0 Å². The van der Waals surface area contributed by atoms with Crippen molar-refractivity contribution in [1.82, 2.24) is 15.5 Å². The molecule has 0 aromatic carbocycles. The van der Waals surface area contributed by atoms with Gasteiger partial charge in [0.05, 0.1) is 13.2 Å². The van der Waals surface area contributed by atoms with E-state index in [1.54, 1.807) is 0 Å². The SMILES string of the molecule is CN=C(NCCCOCC(C)C)NCC1(N2CCOCC2)CCCCC1. The number of aliphatic imine (C=N–C) groups is 1. The molecule has 0 aromatic heterocycles. The Balaban J connectivity index is 1.75. The number of ether oxygens (including phenoxy) is 2. The maximum absolute atomic E-state index is 5.64. The third-order valence-corrected chi connectivity index (χ3v) is 5.48. The first-order valence-corrected chi connectivity index (χ1v) is 10.5. The minimum Gasteiger partial charge on any atom is -0.381 e. The minimum atomic E-state index is 0.264. The number of hydrogen-bond donors (Lipinski definition) is 2. The standard InChI is InChI=1S/C20H40N4O2/c1-18(2)16-26-13-7-10-22-19(21-3)23-17-20(8-5-4-6-9-20)24-11-14-25-15-12-24/h18H,4-17H2,1-3H3,(H2,21,22,23). The normalized spacial score (nSPS) is 21.8. The van der Waals surface area contributed by atoms with Gasteiger partial charge >= 0.3 is 0 Å². The zero-order valence-corrected chi connectivity index (χ0v) is 17.2. The molecule has 0 radical (unpaired) electrons. The molecule has 6 heteroatoms. The molecule has 1 aliphatic carbocycles. The van der Waals surface area contributed by atoms with E-state index in [0.29, 0.717) is 5.92 Å². The molecule has 0 spiro atoms. The Kier molecular flexibility index (Phi) is 9.72. The second-order valence-corrected chi connectivity index (χ2v) is 8.06. The quantitative estimate of drug-likeness (QED) is 0.371. The Hall–Kier alpha value is -0.850. The van der Waals surface area contributed by atoms with E-state index >= 15 is 0 Å². The number of guanidine groups is 1. The van der Waals surface area contributed by atoms with Crippen LogP contribution in [0.4, 0.5) is 0 Å². The van der Waals surface area contributed by atoms with E-state index in [1.165, 1.54) is 32.1 Å². The maximum atomic E-state index is 5.64. The van der Waals surface area contributed by atoms with Crippen molar-refractivity contribution in [3.63, 3.8) is 0 Å². The lowest BCUT2D eigenvalue weighted by Gasteiger charge is -2.48. The lowest BCUT2D eigenvalue weighted by atomic mass is 9.80. The average molecular weight is 369 g/mol. The molecule has 1 heterocycles. The Morgan fingerprint density at radius 2 is 1.88 bits per heavy atom. The second-order valence-electron chi connectivity index (χ2n) is 8.06. The zero-order valence-electron chi connectivity index (χ0n) is 17.2. The van der Waals surface area contributed by atoms with Gasteiger partial charge in [-0.25, -0.2) is 0 Å². The first-order valence-electron chi connectivity index (χ1n) is 10.5. The Morgan fingerprint density at radius 3 is 2.54 bits per heavy atom. The van der Waals surface area contributed by atoms with Crippen molar-refractivity contribution in [2.24, 2.45) is 10.9 Å². The maximum Gasteiger partial charge on any atom is 0.191 e. The summed E-state index contributed by atoms with van der Waals surface area (Å²) in [5.41, 5.74) is 0.264. The van der Waals surface area contributed by atoms with Gasteiger partial charge in [0.25, 0.3) is 0 Å². The van der Waals surface area contributed by atoms with Crippen LogP contribution in [0.25, 0.3) is 0 Å². The molecule has 6 nitrogen and oxygen atoms in total. The van der Waals surface area contributed by atoms with Gasteiger partial charge in [-0.15, -0.1) is 0 Å². The molecule has 1 aliphatic heterocycles. The molecule has 0 atom stereocenters. The van der Waals surface area contributed by atoms with Gasteiger partial charge < -0.3 is 20.1 Å². The van der Waals surface area contributed by atoms with Crippen LogP contribution in [0.15, 0.2) is 4.99 Å². The third kappa shape index (κ3) is 7.05. The summed E-state index contributed by atoms with van der Waals surface area (Å²) in [6.07, 6.45) is 7.59. The smallest absolute Gasteiger partial charge is 0.191 e. The molecule has 2 N–H and O–H groups in total. The molecule has 0 unspecified atom stereocenters. The Morgan fingerprint density at radius 1 is 1.15 bits per heavy atom. The predicted octanol–water partition coefficient (Wildman–Crippen LogP) is 2.25. The fourth-order valence-corrected chi connectivity index (χ4v) is 4.02. The van der Waals surface area contributed by atoms with Gasteiger partial charge in [-0.1, -0.05) is 33.1 Å². The van der Waals surface area contributed by atoms with Crippen LogP contribution in [0, 0.1) is 5.92 Å². The summed E-state index contributed by atoms with van der Waals surface area (Å²) >= 11 is 0. The summed E-state index contributed by atoms with van der Waals surface area (Å²) in [6.45, 7) is 11.7. The number of nitrogens with zero attached hydrogens (tertiary/aromatic N) is 2. The van der Waals surface area contributed by atoms with E-state index in [2.05, 4.69) is 34.4 Å². The summed E-state index contributed by atoms with van der Waals surface area (Å²) in [5, 5.41) is 7.03. The molecule has 0 amide bonds. The highest BCUT2D eigenvalue weighted by molar-refractivity contribution is 5.79. The number of rotatable bonds is 9. The van der Waals surface area contributed by atoms with E-state index in [1.807, 2.05) is 7.05 Å². The highest BCUT2D eigenvalue weighted by atomic mass is 16.5. The van der Waals surface area contributed by atoms with Crippen molar-refractivity contribution in [3.05, 3.63) is 0 Å². The van der Waals surface area contributed by atoms with Gasteiger partial charge in [0.15, 0.2) is 5.96 Å². The molecule has 2 rings (SSSR count). The number of nitrogens with one attached hydrogen (secondary N) is 2. The van der Waals surface area contributed by atoms with Gasteiger partial charge in [-0.05, 0) is 25.2 Å². The lowest BCUT2D eigenvalue weighted by Crippen LogP contribution is -2.60. The highest BCUT2D eigenvalue weighted by Gasteiger charge is 2.38. The van der Waals surface area contributed by atoms with Gasteiger partial charge in [-0.3, -0.25) is 9.89 Å². The van der Waals surface area contributed by atoms with E-state index < -0.39 is 0 Å². The van der Waals surface area contributed by atoms with E-state index in [9.17, 15) is 0 Å². The lowest BCUT2D eigenvalue weighted by molar-refractivity contribution is -0.0352. The molecular weight excluding hydrogens is 328 g/mol. The predicted molar refractivity (Wildman–Crippen MR) is 108 cm³/mol. The summed E-state index contributed by atoms with van der Waals surface area (Å²) in [4.78, 5) is 7.07. The van der Waals surface area contributed by atoms with Crippen LogP contribution in [0.1, 0.15) is 52.4 Å². The molecule has 2 aliphatic rings. The van der Waals surface area contributed by atoms with Crippen LogP contribution in [0.2, 0.25) is 0 Å². The van der Waals surface area contributed by atoms with Crippen LogP contribution >= 0.6 is 0 Å². The molecular formula is C20H40N4O2. The number of morpholine rings is 1. The van der Waals surface area contributed by atoms with E-state index in [4.69, 9.17) is 9.47 Å². The topological polar surface area (TPSA) is 58.1 Å². The van der Waals surface area contributed by atoms with Crippen molar-refractivity contribution in [3.8, 4) is 0 Å².